The van der Waals surface area contributed by atoms with Gasteiger partial charge in [0.1, 0.15) is 11.1 Å². The van der Waals surface area contributed by atoms with Crippen molar-refractivity contribution in [3.8, 4) is 0 Å². The van der Waals surface area contributed by atoms with Gasteiger partial charge in [0.15, 0.2) is 9.84 Å². The highest BCUT2D eigenvalue weighted by Gasteiger charge is 2.33. The molecule has 142 valence electrons. The Bertz CT molecular complexity index is 1260. The number of carbonyl (C=O) groups is 1. The van der Waals surface area contributed by atoms with Gasteiger partial charge in [-0.05, 0) is 42.5 Å². The summed E-state index contributed by atoms with van der Waals surface area (Å²) in [5.41, 5.74) is -0.169. The van der Waals surface area contributed by atoms with Crippen molar-refractivity contribution in [3.05, 3.63) is 87.1 Å². The van der Waals surface area contributed by atoms with Crippen LogP contribution < -0.4 is 10.5 Å². The first-order valence-corrected chi connectivity index (χ1v) is 10.5. The van der Waals surface area contributed by atoms with Crippen LogP contribution in [0, 0.1) is 0 Å². The Morgan fingerprint density at radius 1 is 1.11 bits per heavy atom. The lowest BCUT2D eigenvalue weighted by molar-refractivity contribution is 0.0979. The van der Waals surface area contributed by atoms with Gasteiger partial charge in [-0.3, -0.25) is 4.79 Å². The Balaban J connectivity index is 1.83. The summed E-state index contributed by atoms with van der Waals surface area (Å²) >= 11 is 5.93. The van der Waals surface area contributed by atoms with Crippen molar-refractivity contribution in [1.29, 1.82) is 0 Å². The van der Waals surface area contributed by atoms with Crippen LogP contribution in [0.2, 0.25) is 5.02 Å². The van der Waals surface area contributed by atoms with E-state index in [4.69, 9.17) is 16.0 Å². The van der Waals surface area contributed by atoms with Crippen molar-refractivity contribution in [1.82, 2.24) is 0 Å². The second-order valence-corrected chi connectivity index (χ2v) is 8.73. The van der Waals surface area contributed by atoms with Crippen LogP contribution in [0.3, 0.4) is 0 Å². The van der Waals surface area contributed by atoms with Gasteiger partial charge in [-0.1, -0.05) is 29.8 Å². The van der Waals surface area contributed by atoms with E-state index in [2.05, 4.69) is 0 Å². The predicted octanol–water partition coefficient (Wildman–Crippen LogP) is 3.40. The monoisotopic (exact) mass is 415 g/mol. The Hall–Kier alpha value is -2.90. The maximum Gasteiger partial charge on any atom is 0.349 e. The molecule has 1 aromatic heterocycles. The zero-order valence-corrected chi connectivity index (χ0v) is 16.0. The van der Waals surface area contributed by atoms with Crippen LogP contribution in [-0.2, 0) is 9.84 Å². The number of sulfone groups is 1. The van der Waals surface area contributed by atoms with E-state index in [9.17, 15) is 18.0 Å². The number of nitrogens with zero attached hydrogens (tertiary/aromatic N) is 1. The maximum atomic E-state index is 13.3. The molecule has 6 nitrogen and oxygen atoms in total. The zero-order valence-electron chi connectivity index (χ0n) is 14.4. The predicted molar refractivity (Wildman–Crippen MR) is 107 cm³/mol. The van der Waals surface area contributed by atoms with Crippen molar-refractivity contribution in [2.75, 3.05) is 10.7 Å². The zero-order chi connectivity index (χ0) is 19.9. The van der Waals surface area contributed by atoms with Gasteiger partial charge >= 0.3 is 5.63 Å². The molecule has 0 fully saturated rings. The van der Waals surface area contributed by atoms with Crippen LogP contribution in [0.1, 0.15) is 10.4 Å². The number of para-hydroxylation sites is 1. The average molecular weight is 416 g/mol. The Morgan fingerprint density at radius 2 is 1.82 bits per heavy atom. The fourth-order valence-electron chi connectivity index (χ4n) is 3.12. The number of hydrogen-bond donors (Lipinski definition) is 0. The van der Waals surface area contributed by atoms with Crippen molar-refractivity contribution in [3.63, 3.8) is 0 Å². The number of amides is 1. The minimum Gasteiger partial charge on any atom is -0.422 e. The van der Waals surface area contributed by atoms with Gasteiger partial charge in [0.05, 0.1) is 11.8 Å². The summed E-state index contributed by atoms with van der Waals surface area (Å²) in [6.07, 6.45) is 1.44. The number of hydrogen-bond acceptors (Lipinski definition) is 5. The van der Waals surface area contributed by atoms with E-state index in [1.165, 1.54) is 17.0 Å². The molecule has 1 aliphatic rings. The molecule has 0 bridgehead atoms. The first-order valence-electron chi connectivity index (χ1n) is 8.37. The van der Waals surface area contributed by atoms with Gasteiger partial charge in [0.25, 0.3) is 5.91 Å². The molecule has 0 radical (unpaired) electrons. The van der Waals surface area contributed by atoms with E-state index in [1.807, 2.05) is 0 Å². The third-order valence-corrected chi connectivity index (χ3v) is 6.07. The first kappa shape index (κ1) is 18.5. The van der Waals surface area contributed by atoms with Crippen LogP contribution in [0.15, 0.2) is 75.3 Å². The second-order valence-electron chi connectivity index (χ2n) is 6.36. The Labute approximate surface area is 165 Å². The topological polar surface area (TPSA) is 84.7 Å². The minimum atomic E-state index is -3.42. The SMILES string of the molecule is O=C(c1cc2ccccc2oc1=O)N(c1ccc(Cl)cc1)[C@@H]1C=CS(=O)(=O)C1. The molecule has 0 spiro atoms. The van der Waals surface area contributed by atoms with Crippen LogP contribution >= 0.6 is 11.6 Å². The lowest BCUT2D eigenvalue weighted by Gasteiger charge is -2.27. The highest BCUT2D eigenvalue weighted by Crippen LogP contribution is 2.26. The molecule has 0 saturated carbocycles. The van der Waals surface area contributed by atoms with Crippen LogP contribution in [0.25, 0.3) is 11.0 Å². The largest absolute Gasteiger partial charge is 0.422 e. The number of anilines is 1. The number of benzene rings is 2. The highest BCUT2D eigenvalue weighted by atomic mass is 35.5. The van der Waals surface area contributed by atoms with Crippen molar-refractivity contribution in [2.24, 2.45) is 0 Å². The van der Waals surface area contributed by atoms with Crippen molar-refractivity contribution in [2.45, 2.75) is 6.04 Å². The number of fused-ring (bicyclic) bond motifs is 1. The average Bonchev–Trinajstić information content (AvgIpc) is 3.02. The third-order valence-electron chi connectivity index (χ3n) is 4.44. The summed E-state index contributed by atoms with van der Waals surface area (Å²) in [4.78, 5) is 27.0. The Kier molecular flexibility index (Phi) is 4.56. The number of rotatable bonds is 3. The van der Waals surface area contributed by atoms with Crippen LogP contribution in [0.5, 0.6) is 0 Å². The molecule has 0 unspecified atom stereocenters. The van der Waals surface area contributed by atoms with Gasteiger partial charge in [-0.15, -0.1) is 0 Å². The van der Waals surface area contributed by atoms with Gasteiger partial charge in [0.2, 0.25) is 0 Å². The number of halogens is 1. The lowest BCUT2D eigenvalue weighted by atomic mass is 10.1. The molecule has 28 heavy (non-hydrogen) atoms. The van der Waals surface area contributed by atoms with E-state index >= 15 is 0 Å². The van der Waals surface area contributed by atoms with Gasteiger partial charge < -0.3 is 9.32 Å². The lowest BCUT2D eigenvalue weighted by Crippen LogP contribution is -2.42. The third kappa shape index (κ3) is 3.46. The summed E-state index contributed by atoms with van der Waals surface area (Å²) in [7, 11) is -3.42. The molecule has 8 heteroatoms. The fraction of sp³-hybridized carbons (Fsp3) is 0.100. The molecule has 0 aliphatic carbocycles. The summed E-state index contributed by atoms with van der Waals surface area (Å²) in [6.45, 7) is 0. The Morgan fingerprint density at radius 3 is 2.50 bits per heavy atom. The molecule has 4 rings (SSSR count). The van der Waals surface area contributed by atoms with Gasteiger partial charge in [-0.2, -0.15) is 0 Å². The molecule has 3 aromatic rings. The van der Waals surface area contributed by atoms with E-state index in [-0.39, 0.29) is 11.3 Å². The van der Waals surface area contributed by atoms with Crippen LogP contribution in [-0.4, -0.2) is 26.1 Å². The fourth-order valence-corrected chi connectivity index (χ4v) is 4.52. The van der Waals surface area contributed by atoms with E-state index in [1.54, 1.807) is 48.5 Å². The number of carbonyl (C=O) groups excluding carboxylic acids is 1. The molecule has 0 saturated heterocycles. The minimum absolute atomic E-state index is 0.175. The molecule has 1 amide bonds. The molecule has 1 aliphatic heterocycles. The van der Waals surface area contributed by atoms with Crippen molar-refractivity contribution < 1.29 is 17.6 Å². The summed E-state index contributed by atoms with van der Waals surface area (Å²) < 4.78 is 29.1. The first-order chi connectivity index (χ1) is 13.3. The van der Waals surface area contributed by atoms with E-state index < -0.39 is 27.4 Å². The summed E-state index contributed by atoms with van der Waals surface area (Å²) in [5.74, 6) is -0.908. The quantitative estimate of drug-likeness (QED) is 0.612. The highest BCUT2D eigenvalue weighted by molar-refractivity contribution is 7.94. The molecular weight excluding hydrogens is 402 g/mol. The summed E-state index contributed by atoms with van der Waals surface area (Å²) in [5, 5.41) is 2.14. The molecular formula is C20H14ClNO5S. The molecule has 1 atom stereocenters. The van der Waals surface area contributed by atoms with Crippen LogP contribution in [0.4, 0.5) is 5.69 Å². The van der Waals surface area contributed by atoms with E-state index in [0.717, 1.165) is 5.41 Å². The van der Waals surface area contributed by atoms with Crippen molar-refractivity contribution >= 4 is 44.0 Å². The molecule has 2 heterocycles. The standard InChI is InChI=1S/C20H14ClNO5S/c21-14-5-7-15(8-6-14)22(16-9-10-28(25,26)12-16)19(23)17-11-13-3-1-2-4-18(13)27-20(17)24/h1-11,16H,12H2/t16-/m1/s1. The van der Waals surface area contributed by atoms with Gasteiger partial charge in [-0.25, -0.2) is 13.2 Å². The molecule has 0 N–H and O–H groups in total. The summed E-state index contributed by atoms with van der Waals surface area (Å²) in [6, 6.07) is 13.9. The molecule has 2 aromatic carbocycles. The smallest absolute Gasteiger partial charge is 0.349 e. The van der Waals surface area contributed by atoms with E-state index in [0.29, 0.717) is 21.7 Å². The normalized spacial score (nSPS) is 17.7. The van der Waals surface area contributed by atoms with Gasteiger partial charge in [0, 0.05) is 21.5 Å². The maximum absolute atomic E-state index is 13.3. The second kappa shape index (κ2) is 6.92.